The van der Waals surface area contributed by atoms with Gasteiger partial charge in [-0.1, -0.05) is 6.92 Å². The maximum absolute atomic E-state index is 12.7. The molecule has 1 aromatic carbocycles. The van der Waals surface area contributed by atoms with Gasteiger partial charge in [0.15, 0.2) is 0 Å². The number of halogens is 4. The molecule has 1 aliphatic heterocycles. The van der Waals surface area contributed by atoms with E-state index in [2.05, 4.69) is 15.9 Å². The summed E-state index contributed by atoms with van der Waals surface area (Å²) in [6.07, 6.45) is -4.46. The van der Waals surface area contributed by atoms with Gasteiger partial charge < -0.3 is 9.64 Å². The number of ether oxygens (including phenoxy) is 1. The molecule has 0 radical (unpaired) electrons. The smallest absolute Gasteiger partial charge is 0.471 e. The number of nitrogens with zero attached hydrogens (tertiary/aromatic N) is 1. The Balaban J connectivity index is 2.29. The molecular formula is C16H19BrF3NO2. The third kappa shape index (κ3) is 4.19. The van der Waals surface area contributed by atoms with E-state index in [1.165, 1.54) is 0 Å². The number of benzene rings is 1. The first-order chi connectivity index (χ1) is 10.6. The van der Waals surface area contributed by atoms with Crippen LogP contribution in [-0.2, 0) is 11.2 Å². The molecule has 1 heterocycles. The van der Waals surface area contributed by atoms with Crippen LogP contribution in [0.2, 0.25) is 0 Å². The first-order valence-electron chi connectivity index (χ1n) is 7.44. The Kier molecular flexibility index (Phi) is 5.28. The van der Waals surface area contributed by atoms with Gasteiger partial charge in [-0.3, -0.25) is 4.79 Å². The zero-order chi connectivity index (χ0) is 17.4. The second-order valence-corrected chi connectivity index (χ2v) is 6.90. The van der Waals surface area contributed by atoms with E-state index in [0.717, 1.165) is 20.5 Å². The average Bonchev–Trinajstić information content (AvgIpc) is 2.57. The lowest BCUT2D eigenvalue weighted by Gasteiger charge is -2.24. The first kappa shape index (κ1) is 18.1. The van der Waals surface area contributed by atoms with Gasteiger partial charge in [0.05, 0.1) is 10.6 Å². The number of hydrogen-bond acceptors (Lipinski definition) is 2. The van der Waals surface area contributed by atoms with E-state index in [4.69, 9.17) is 4.74 Å². The van der Waals surface area contributed by atoms with Crippen LogP contribution in [0.1, 0.15) is 37.8 Å². The molecule has 1 amide bonds. The summed E-state index contributed by atoms with van der Waals surface area (Å²) in [6, 6.07) is 3.75. The summed E-state index contributed by atoms with van der Waals surface area (Å²) in [5, 5.41) is 0. The van der Waals surface area contributed by atoms with Gasteiger partial charge in [-0.25, -0.2) is 0 Å². The van der Waals surface area contributed by atoms with Gasteiger partial charge in [-0.05, 0) is 65.4 Å². The predicted octanol–water partition coefficient (Wildman–Crippen LogP) is 4.29. The average molecular weight is 394 g/mol. The fraction of sp³-hybridized carbons (Fsp3) is 0.562. The molecule has 1 unspecified atom stereocenters. The van der Waals surface area contributed by atoms with Gasteiger partial charge in [-0.15, -0.1) is 0 Å². The van der Waals surface area contributed by atoms with Crippen molar-refractivity contribution in [2.75, 3.05) is 13.1 Å². The summed E-state index contributed by atoms with van der Waals surface area (Å²) in [4.78, 5) is 12.4. The summed E-state index contributed by atoms with van der Waals surface area (Å²) in [5.41, 5.74) is 1.87. The molecule has 1 aliphatic rings. The van der Waals surface area contributed by atoms with E-state index in [-0.39, 0.29) is 25.1 Å². The van der Waals surface area contributed by atoms with Gasteiger partial charge in [-0.2, -0.15) is 13.2 Å². The molecule has 128 valence electrons. The van der Waals surface area contributed by atoms with Crippen molar-refractivity contribution in [2.24, 2.45) is 0 Å². The van der Waals surface area contributed by atoms with Crippen LogP contribution in [0.4, 0.5) is 13.2 Å². The van der Waals surface area contributed by atoms with Crippen LogP contribution in [0, 0.1) is 0 Å². The number of fused-ring (bicyclic) bond motifs is 1. The van der Waals surface area contributed by atoms with E-state index in [1.54, 1.807) is 0 Å². The van der Waals surface area contributed by atoms with Crippen molar-refractivity contribution in [1.29, 1.82) is 0 Å². The van der Waals surface area contributed by atoms with Crippen LogP contribution in [0.15, 0.2) is 16.6 Å². The van der Waals surface area contributed by atoms with Crippen molar-refractivity contribution in [3.8, 4) is 5.75 Å². The number of carbonyl (C=O) groups excluding carboxylic acids is 1. The minimum Gasteiger partial charge on any atom is -0.490 e. The monoisotopic (exact) mass is 393 g/mol. The minimum atomic E-state index is -4.83. The van der Waals surface area contributed by atoms with E-state index < -0.39 is 12.1 Å². The van der Waals surface area contributed by atoms with E-state index in [9.17, 15) is 18.0 Å². The van der Waals surface area contributed by atoms with Crippen LogP contribution in [0.3, 0.4) is 0 Å². The van der Waals surface area contributed by atoms with Gasteiger partial charge in [0.2, 0.25) is 0 Å². The molecular weight excluding hydrogens is 375 g/mol. The lowest BCUT2D eigenvalue weighted by Crippen LogP contribution is -2.42. The fourth-order valence-corrected chi connectivity index (χ4v) is 3.22. The fourth-order valence-electron chi connectivity index (χ4n) is 2.77. The Morgan fingerprint density at radius 1 is 1.39 bits per heavy atom. The van der Waals surface area contributed by atoms with Gasteiger partial charge in [0, 0.05) is 13.1 Å². The molecule has 0 fully saturated rings. The summed E-state index contributed by atoms with van der Waals surface area (Å²) in [7, 11) is 0. The second-order valence-electron chi connectivity index (χ2n) is 6.05. The number of alkyl halides is 3. The third-order valence-corrected chi connectivity index (χ3v) is 4.38. The van der Waals surface area contributed by atoms with Crippen molar-refractivity contribution < 1.29 is 22.7 Å². The van der Waals surface area contributed by atoms with E-state index >= 15 is 0 Å². The molecule has 0 aliphatic carbocycles. The highest BCUT2D eigenvalue weighted by Gasteiger charge is 2.43. The molecule has 0 N–H and O–H groups in total. The van der Waals surface area contributed by atoms with E-state index in [0.29, 0.717) is 12.2 Å². The van der Waals surface area contributed by atoms with Crippen molar-refractivity contribution in [3.63, 3.8) is 0 Å². The normalized spacial score (nSPS) is 18.6. The molecule has 2 rings (SSSR count). The lowest BCUT2D eigenvalue weighted by atomic mass is 9.95. The van der Waals surface area contributed by atoms with Crippen LogP contribution in [0.25, 0.3) is 0 Å². The van der Waals surface area contributed by atoms with E-state index in [1.807, 2.05) is 32.9 Å². The van der Waals surface area contributed by atoms with Crippen LogP contribution in [-0.4, -0.2) is 36.2 Å². The maximum Gasteiger partial charge on any atom is 0.471 e. The molecule has 3 nitrogen and oxygen atoms in total. The number of rotatable bonds is 2. The van der Waals surface area contributed by atoms with Crippen LogP contribution in [0.5, 0.6) is 5.75 Å². The lowest BCUT2D eigenvalue weighted by molar-refractivity contribution is -0.185. The highest BCUT2D eigenvalue weighted by atomic mass is 79.9. The van der Waals surface area contributed by atoms with Gasteiger partial charge in [0.1, 0.15) is 5.75 Å². The first-order valence-corrected chi connectivity index (χ1v) is 8.24. The van der Waals surface area contributed by atoms with Gasteiger partial charge >= 0.3 is 12.1 Å². The summed E-state index contributed by atoms with van der Waals surface area (Å²) in [6.45, 7) is 5.76. The SMILES string of the molecule is CC(C)Oc1cc2c(cc1Br)C(C)CN(C(=O)C(F)(F)F)CC2. The van der Waals surface area contributed by atoms with Crippen LogP contribution < -0.4 is 4.74 Å². The second kappa shape index (κ2) is 6.71. The quantitative estimate of drug-likeness (QED) is 0.749. The molecule has 0 aromatic heterocycles. The minimum absolute atomic E-state index is 0.00384. The van der Waals surface area contributed by atoms with Crippen molar-refractivity contribution >= 4 is 21.8 Å². The molecule has 1 aromatic rings. The maximum atomic E-state index is 12.7. The Morgan fingerprint density at radius 2 is 2.04 bits per heavy atom. The highest BCUT2D eigenvalue weighted by Crippen LogP contribution is 2.35. The number of hydrogen-bond donors (Lipinski definition) is 0. The summed E-state index contributed by atoms with van der Waals surface area (Å²) >= 11 is 3.45. The zero-order valence-electron chi connectivity index (χ0n) is 13.2. The Hall–Kier alpha value is -1.24. The van der Waals surface area contributed by atoms with Crippen molar-refractivity contribution in [3.05, 3.63) is 27.7 Å². The van der Waals surface area contributed by atoms with Crippen LogP contribution >= 0.6 is 15.9 Å². The molecule has 0 saturated carbocycles. The molecule has 0 saturated heterocycles. The molecule has 0 spiro atoms. The molecule has 1 atom stereocenters. The molecule has 23 heavy (non-hydrogen) atoms. The predicted molar refractivity (Wildman–Crippen MR) is 84.7 cm³/mol. The zero-order valence-corrected chi connectivity index (χ0v) is 14.8. The molecule has 0 bridgehead atoms. The number of carbonyl (C=O) groups is 1. The summed E-state index contributed by atoms with van der Waals surface area (Å²) < 4.78 is 44.5. The Morgan fingerprint density at radius 3 is 2.61 bits per heavy atom. The molecule has 7 heteroatoms. The highest BCUT2D eigenvalue weighted by molar-refractivity contribution is 9.10. The number of amides is 1. The van der Waals surface area contributed by atoms with Crippen molar-refractivity contribution in [1.82, 2.24) is 4.90 Å². The third-order valence-electron chi connectivity index (χ3n) is 3.76. The largest absolute Gasteiger partial charge is 0.490 e. The standard InChI is InChI=1S/C16H19BrF3NO2/c1-9(2)23-14-6-11-4-5-21(15(22)16(18,19)20)8-10(3)12(11)7-13(14)17/h6-7,9-10H,4-5,8H2,1-3H3. The van der Waals surface area contributed by atoms with Gasteiger partial charge in [0.25, 0.3) is 0 Å². The summed E-state index contributed by atoms with van der Waals surface area (Å²) in [5.74, 6) is -1.28. The van der Waals surface area contributed by atoms with Crippen molar-refractivity contribution in [2.45, 2.75) is 45.4 Å². The Labute approximate surface area is 141 Å². The topological polar surface area (TPSA) is 29.5 Å². The Bertz CT molecular complexity index is 602.